The van der Waals surface area contributed by atoms with Crippen LogP contribution in [0.2, 0.25) is 0 Å². The highest BCUT2D eigenvalue weighted by molar-refractivity contribution is 8.05. The van der Waals surface area contributed by atoms with Crippen molar-refractivity contribution in [3.8, 4) is 0 Å². The van der Waals surface area contributed by atoms with Crippen molar-refractivity contribution in [2.75, 3.05) is 18.7 Å². The highest BCUT2D eigenvalue weighted by Gasteiger charge is 2.42. The van der Waals surface area contributed by atoms with E-state index in [1.807, 2.05) is 19.3 Å². The van der Waals surface area contributed by atoms with Crippen LogP contribution in [0.3, 0.4) is 0 Å². The Hall–Kier alpha value is -3.85. The SMILES string of the molecule is CONC(=O)c1cc(Nc2ncnn3cc(C4(C)NN=C(S(C)(=O)=O)O4)c(C(C)C)c23)c(F)cc1F. The maximum atomic E-state index is 14.7. The molecule has 1 aliphatic rings. The van der Waals surface area contributed by atoms with Crippen molar-refractivity contribution in [3.05, 3.63) is 53.0 Å². The molecule has 0 radical (unpaired) electrons. The molecule has 1 aliphatic heterocycles. The Balaban J connectivity index is 1.83. The molecule has 0 saturated carbocycles. The van der Waals surface area contributed by atoms with Crippen molar-refractivity contribution < 1.29 is 31.6 Å². The summed E-state index contributed by atoms with van der Waals surface area (Å²) >= 11 is 0. The lowest BCUT2D eigenvalue weighted by Crippen LogP contribution is -2.36. The summed E-state index contributed by atoms with van der Waals surface area (Å²) in [5.74, 6) is -2.96. The molecule has 0 saturated heterocycles. The van der Waals surface area contributed by atoms with Gasteiger partial charge in [-0.2, -0.15) is 5.10 Å². The third-order valence-corrected chi connectivity index (χ3v) is 6.23. The Bertz CT molecular complexity index is 1510. The van der Waals surface area contributed by atoms with E-state index in [0.717, 1.165) is 12.3 Å². The average molecular weight is 524 g/mol. The van der Waals surface area contributed by atoms with Crippen molar-refractivity contribution in [3.63, 3.8) is 0 Å². The molecule has 36 heavy (non-hydrogen) atoms. The number of rotatable bonds is 6. The second-order valence-electron chi connectivity index (χ2n) is 8.48. The first-order valence-corrected chi connectivity index (χ1v) is 12.4. The number of aromatic nitrogens is 3. The van der Waals surface area contributed by atoms with Crippen LogP contribution in [0.25, 0.3) is 5.52 Å². The van der Waals surface area contributed by atoms with Crippen LogP contribution >= 0.6 is 0 Å². The molecule has 192 valence electrons. The van der Waals surface area contributed by atoms with E-state index in [4.69, 9.17) is 4.74 Å². The maximum absolute atomic E-state index is 14.7. The first kappa shape index (κ1) is 25.2. The van der Waals surface area contributed by atoms with Crippen LogP contribution in [-0.2, 0) is 25.1 Å². The van der Waals surface area contributed by atoms with Crippen molar-refractivity contribution in [1.29, 1.82) is 0 Å². The third-order valence-electron chi connectivity index (χ3n) is 5.42. The second kappa shape index (κ2) is 8.98. The molecule has 3 N–H and O–H groups in total. The summed E-state index contributed by atoms with van der Waals surface area (Å²) in [7, 11) is -2.53. The number of benzene rings is 1. The number of ether oxygens (including phenoxy) is 1. The van der Waals surface area contributed by atoms with Gasteiger partial charge in [0.05, 0.1) is 18.4 Å². The Morgan fingerprint density at radius 1 is 1.28 bits per heavy atom. The molecule has 3 aromatic rings. The van der Waals surface area contributed by atoms with Gasteiger partial charge in [-0.15, -0.1) is 5.10 Å². The van der Waals surface area contributed by atoms with Crippen LogP contribution < -0.4 is 16.2 Å². The van der Waals surface area contributed by atoms with Crippen molar-refractivity contribution >= 4 is 38.0 Å². The molecule has 0 fully saturated rings. The van der Waals surface area contributed by atoms with Crippen LogP contribution in [0.5, 0.6) is 0 Å². The van der Waals surface area contributed by atoms with Crippen LogP contribution in [0, 0.1) is 11.6 Å². The largest absolute Gasteiger partial charge is 0.436 e. The standard InChI is InChI=1S/C21H23F2N7O5S/c1-10(2)16-12(21(3)29-27-20(35-21)36(5,32)33)8-30-17(16)18(24-9-25-30)26-15-6-11(19(31)28-34-4)13(22)7-14(15)23/h6-10,29H,1-5H3,(H,28,31)(H,24,25,26). The van der Waals surface area contributed by atoms with Crippen molar-refractivity contribution in [1.82, 2.24) is 25.5 Å². The molecule has 3 heterocycles. The number of carbonyl (C=O) groups excluding carboxylic acids is 1. The zero-order valence-electron chi connectivity index (χ0n) is 19.9. The van der Waals surface area contributed by atoms with E-state index in [9.17, 15) is 22.0 Å². The van der Waals surface area contributed by atoms with Gasteiger partial charge in [-0.1, -0.05) is 13.8 Å². The van der Waals surface area contributed by atoms with E-state index in [2.05, 4.69) is 30.8 Å². The molecule has 0 aliphatic carbocycles. The molecule has 12 nitrogen and oxygen atoms in total. The first-order chi connectivity index (χ1) is 16.9. The number of fused-ring (bicyclic) bond motifs is 1. The minimum Gasteiger partial charge on any atom is -0.436 e. The molecule has 2 aromatic heterocycles. The predicted octanol–water partition coefficient (Wildman–Crippen LogP) is 2.27. The minimum absolute atomic E-state index is 0.148. The Labute approximate surface area is 204 Å². The van der Waals surface area contributed by atoms with Gasteiger partial charge in [-0.05, 0) is 17.5 Å². The molecule has 0 bridgehead atoms. The minimum atomic E-state index is -3.71. The summed E-state index contributed by atoms with van der Waals surface area (Å²) in [6.45, 7) is 5.38. The third kappa shape index (κ3) is 4.42. The van der Waals surface area contributed by atoms with E-state index in [0.29, 0.717) is 22.7 Å². The van der Waals surface area contributed by atoms with E-state index in [1.165, 1.54) is 18.0 Å². The molecule has 15 heteroatoms. The average Bonchev–Trinajstić information content (AvgIpc) is 3.38. The fourth-order valence-corrected chi connectivity index (χ4v) is 4.36. The molecule has 1 aromatic carbocycles. The molecule has 0 spiro atoms. The number of amides is 1. The number of hydrogen-bond donors (Lipinski definition) is 3. The lowest BCUT2D eigenvalue weighted by molar-refractivity contribution is 0.0533. The van der Waals surface area contributed by atoms with Gasteiger partial charge in [-0.3, -0.25) is 15.1 Å². The number of hydrogen-bond acceptors (Lipinski definition) is 10. The lowest BCUT2D eigenvalue weighted by atomic mass is 9.94. The quantitative estimate of drug-likeness (QED) is 0.414. The van der Waals surface area contributed by atoms with Gasteiger partial charge < -0.3 is 10.1 Å². The number of carbonyl (C=O) groups is 1. The molecule has 1 unspecified atom stereocenters. The van der Waals surface area contributed by atoms with E-state index < -0.39 is 43.9 Å². The van der Waals surface area contributed by atoms with Crippen LogP contribution in [0.1, 0.15) is 48.2 Å². The predicted molar refractivity (Wildman–Crippen MR) is 125 cm³/mol. The van der Waals surface area contributed by atoms with Gasteiger partial charge in [0, 0.05) is 31.0 Å². The molecular formula is C21H23F2N7O5S. The summed E-state index contributed by atoms with van der Waals surface area (Å²) < 4.78 is 59.9. The fourth-order valence-electron chi connectivity index (χ4n) is 3.83. The van der Waals surface area contributed by atoms with Gasteiger partial charge in [0.25, 0.3) is 5.91 Å². The summed E-state index contributed by atoms with van der Waals surface area (Å²) in [6, 6.07) is 1.56. The number of nitrogens with one attached hydrogen (secondary N) is 3. The Morgan fingerprint density at radius 2 is 2.00 bits per heavy atom. The highest BCUT2D eigenvalue weighted by atomic mass is 32.2. The Morgan fingerprint density at radius 3 is 2.61 bits per heavy atom. The zero-order chi connectivity index (χ0) is 26.4. The van der Waals surface area contributed by atoms with Gasteiger partial charge in [0.1, 0.15) is 23.5 Å². The topological polar surface area (TPSA) is 148 Å². The smallest absolute Gasteiger partial charge is 0.328 e. The van der Waals surface area contributed by atoms with Crippen molar-refractivity contribution in [2.24, 2.45) is 5.10 Å². The van der Waals surface area contributed by atoms with Gasteiger partial charge in [0.15, 0.2) is 5.82 Å². The summed E-state index contributed by atoms with van der Waals surface area (Å²) in [5.41, 5.74) is 4.28. The number of halogens is 2. The second-order valence-corrected chi connectivity index (χ2v) is 10.4. The summed E-state index contributed by atoms with van der Waals surface area (Å²) in [6.07, 6.45) is 3.81. The maximum Gasteiger partial charge on any atom is 0.328 e. The lowest BCUT2D eigenvalue weighted by Gasteiger charge is -2.25. The number of anilines is 2. The van der Waals surface area contributed by atoms with Gasteiger partial charge in [-0.25, -0.2) is 32.2 Å². The number of sulfone groups is 1. The van der Waals surface area contributed by atoms with E-state index in [-0.39, 0.29) is 17.4 Å². The first-order valence-electron chi connectivity index (χ1n) is 10.6. The summed E-state index contributed by atoms with van der Waals surface area (Å²) in [5, 5.41) is 10.4. The molecular weight excluding hydrogens is 500 g/mol. The zero-order valence-corrected chi connectivity index (χ0v) is 20.7. The molecule has 1 atom stereocenters. The van der Waals surface area contributed by atoms with Gasteiger partial charge >= 0.3 is 5.23 Å². The normalized spacial score (nSPS) is 17.6. The van der Waals surface area contributed by atoms with Crippen LogP contribution in [-0.4, -0.2) is 47.5 Å². The fraction of sp³-hybridized carbons (Fsp3) is 0.333. The number of hydrazone groups is 1. The monoisotopic (exact) mass is 523 g/mol. The van der Waals surface area contributed by atoms with Crippen molar-refractivity contribution in [2.45, 2.75) is 32.4 Å². The number of hydroxylamine groups is 1. The van der Waals surface area contributed by atoms with E-state index >= 15 is 0 Å². The van der Waals surface area contributed by atoms with E-state index in [1.54, 1.807) is 13.1 Å². The molecule has 4 rings (SSSR count). The Kier molecular flexibility index (Phi) is 6.30. The van der Waals surface area contributed by atoms with Gasteiger partial charge in [0.2, 0.25) is 15.6 Å². The van der Waals surface area contributed by atoms with Crippen LogP contribution in [0.4, 0.5) is 20.3 Å². The van der Waals surface area contributed by atoms with Crippen LogP contribution in [0.15, 0.2) is 29.8 Å². The number of nitrogens with zero attached hydrogens (tertiary/aromatic N) is 4. The molecule has 1 amide bonds. The highest BCUT2D eigenvalue weighted by Crippen LogP contribution is 2.39. The summed E-state index contributed by atoms with van der Waals surface area (Å²) in [4.78, 5) is 20.8.